The molecule has 1 N–H and O–H groups in total. The Morgan fingerprint density at radius 3 is 2.38 bits per heavy atom. The van der Waals surface area contributed by atoms with Crippen LogP contribution in [0.2, 0.25) is 5.02 Å². The number of carbonyl (C=O) groups excluding carboxylic acids is 1. The van der Waals surface area contributed by atoms with Crippen LogP contribution in [-0.2, 0) is 10.0 Å². The van der Waals surface area contributed by atoms with Gasteiger partial charge < -0.3 is 9.47 Å². The summed E-state index contributed by atoms with van der Waals surface area (Å²) in [6, 6.07) is 8.03. The summed E-state index contributed by atoms with van der Waals surface area (Å²) in [5, 5.41) is -0.0939. The van der Waals surface area contributed by atoms with E-state index < -0.39 is 21.7 Å². The Morgan fingerprint density at radius 2 is 1.79 bits per heavy atom. The molecule has 2 aromatic rings. The Labute approximate surface area is 143 Å². The maximum absolute atomic E-state index is 13.1. The second kappa shape index (κ2) is 7.06. The third-order valence-electron chi connectivity index (χ3n) is 2.82. The van der Waals surface area contributed by atoms with Crippen LogP contribution in [0.5, 0.6) is 17.2 Å². The predicted molar refractivity (Wildman–Crippen MR) is 86.8 cm³/mol. The molecule has 0 aliphatic rings. The van der Waals surface area contributed by atoms with Crippen LogP contribution < -0.4 is 14.2 Å². The zero-order chi connectivity index (χ0) is 17.9. The van der Waals surface area contributed by atoms with E-state index in [1.54, 1.807) is 0 Å². The fourth-order valence-electron chi connectivity index (χ4n) is 1.82. The fraction of sp³-hybridized carbons (Fsp3) is 0.133. The molecule has 0 aromatic heterocycles. The molecule has 0 atom stereocenters. The van der Waals surface area contributed by atoms with Gasteiger partial charge in [0, 0.05) is 12.1 Å². The molecule has 2 rings (SSSR count). The molecule has 128 valence electrons. The van der Waals surface area contributed by atoms with Crippen LogP contribution in [0.4, 0.5) is 4.39 Å². The number of hydrogen-bond donors (Lipinski definition) is 1. The van der Waals surface area contributed by atoms with Crippen molar-refractivity contribution in [2.75, 3.05) is 13.4 Å². The van der Waals surface area contributed by atoms with Gasteiger partial charge in [-0.3, -0.25) is 4.79 Å². The van der Waals surface area contributed by atoms with E-state index in [0.29, 0.717) is 5.75 Å². The van der Waals surface area contributed by atoms with E-state index in [4.69, 9.17) is 21.1 Å². The van der Waals surface area contributed by atoms with Gasteiger partial charge in [-0.25, -0.2) is 17.5 Å². The van der Waals surface area contributed by atoms with Crippen LogP contribution in [0.3, 0.4) is 0 Å². The molecule has 0 fully saturated rings. The molecule has 0 saturated carbocycles. The third-order valence-corrected chi connectivity index (χ3v) is 3.67. The molecule has 0 radical (unpaired) electrons. The molecule has 9 heteroatoms. The van der Waals surface area contributed by atoms with Crippen molar-refractivity contribution in [3.8, 4) is 17.2 Å². The molecule has 0 saturated heterocycles. The van der Waals surface area contributed by atoms with Gasteiger partial charge in [-0.2, -0.15) is 0 Å². The molecule has 2 aromatic carbocycles. The van der Waals surface area contributed by atoms with Gasteiger partial charge in [0.2, 0.25) is 10.0 Å². The number of hydrogen-bond acceptors (Lipinski definition) is 5. The van der Waals surface area contributed by atoms with Gasteiger partial charge in [-0.05, 0) is 24.3 Å². The SMILES string of the molecule is COc1cc(Oc2ccc(F)c(Cl)c2)ccc1C(=O)NS(C)(=O)=O. The first-order valence-corrected chi connectivity index (χ1v) is 8.79. The summed E-state index contributed by atoms with van der Waals surface area (Å²) >= 11 is 5.68. The highest BCUT2D eigenvalue weighted by Gasteiger charge is 2.17. The Morgan fingerprint density at radius 1 is 1.17 bits per heavy atom. The number of amides is 1. The number of nitrogens with one attached hydrogen (secondary N) is 1. The molecule has 6 nitrogen and oxygen atoms in total. The lowest BCUT2D eigenvalue weighted by atomic mass is 10.2. The lowest BCUT2D eigenvalue weighted by molar-refractivity contribution is 0.0978. The van der Waals surface area contributed by atoms with Gasteiger partial charge in [-0.1, -0.05) is 11.6 Å². The second-order valence-corrected chi connectivity index (χ2v) is 6.90. The van der Waals surface area contributed by atoms with Crippen LogP contribution in [0.25, 0.3) is 0 Å². The summed E-state index contributed by atoms with van der Waals surface area (Å²) in [7, 11) is -2.38. The summed E-state index contributed by atoms with van der Waals surface area (Å²) in [5.41, 5.74) is 0.0208. The van der Waals surface area contributed by atoms with Gasteiger partial charge in [0.15, 0.2) is 0 Å². The number of rotatable bonds is 5. The first kappa shape index (κ1) is 18.0. The van der Waals surface area contributed by atoms with E-state index in [-0.39, 0.29) is 22.1 Å². The molecular weight excluding hydrogens is 361 g/mol. The van der Waals surface area contributed by atoms with Crippen LogP contribution in [0, 0.1) is 5.82 Å². The molecule has 0 spiro atoms. The topological polar surface area (TPSA) is 81.7 Å². The van der Waals surface area contributed by atoms with Gasteiger partial charge in [0.05, 0.1) is 24.0 Å². The summed E-state index contributed by atoms with van der Waals surface area (Å²) < 4.78 is 47.9. The first-order chi connectivity index (χ1) is 11.2. The average Bonchev–Trinajstić information content (AvgIpc) is 2.49. The fourth-order valence-corrected chi connectivity index (χ4v) is 2.44. The Balaban J connectivity index is 2.28. The van der Waals surface area contributed by atoms with Crippen molar-refractivity contribution < 1.29 is 27.1 Å². The zero-order valence-electron chi connectivity index (χ0n) is 12.7. The Hall–Kier alpha value is -2.32. The van der Waals surface area contributed by atoms with Crippen LogP contribution in [0.1, 0.15) is 10.4 Å². The summed E-state index contributed by atoms with van der Waals surface area (Å²) in [6.45, 7) is 0. The summed E-state index contributed by atoms with van der Waals surface area (Å²) in [4.78, 5) is 11.9. The molecule has 0 aliphatic heterocycles. The highest BCUT2D eigenvalue weighted by Crippen LogP contribution is 2.30. The van der Waals surface area contributed by atoms with E-state index >= 15 is 0 Å². The van der Waals surface area contributed by atoms with Crippen molar-refractivity contribution >= 4 is 27.5 Å². The molecular formula is C15H13ClFNO5S. The van der Waals surface area contributed by atoms with Crippen molar-refractivity contribution in [3.63, 3.8) is 0 Å². The minimum absolute atomic E-state index is 0.0208. The van der Waals surface area contributed by atoms with Gasteiger partial charge in [0.25, 0.3) is 5.91 Å². The maximum atomic E-state index is 13.1. The predicted octanol–water partition coefficient (Wildman–Crippen LogP) is 2.97. The molecule has 0 heterocycles. The van der Waals surface area contributed by atoms with Crippen molar-refractivity contribution in [1.82, 2.24) is 4.72 Å². The number of sulfonamides is 1. The largest absolute Gasteiger partial charge is 0.496 e. The number of methoxy groups -OCH3 is 1. The van der Waals surface area contributed by atoms with E-state index in [2.05, 4.69) is 0 Å². The third kappa shape index (κ3) is 4.59. The van der Waals surface area contributed by atoms with Crippen molar-refractivity contribution in [2.45, 2.75) is 0 Å². The second-order valence-electron chi connectivity index (χ2n) is 4.74. The smallest absolute Gasteiger partial charge is 0.268 e. The molecule has 1 amide bonds. The van der Waals surface area contributed by atoms with E-state index in [1.807, 2.05) is 4.72 Å². The zero-order valence-corrected chi connectivity index (χ0v) is 14.2. The number of ether oxygens (including phenoxy) is 2. The van der Waals surface area contributed by atoms with Crippen LogP contribution in [0.15, 0.2) is 36.4 Å². The average molecular weight is 374 g/mol. The minimum Gasteiger partial charge on any atom is -0.496 e. The normalized spacial score (nSPS) is 11.0. The van der Waals surface area contributed by atoms with Gasteiger partial charge >= 0.3 is 0 Å². The van der Waals surface area contributed by atoms with E-state index in [0.717, 1.165) is 12.3 Å². The quantitative estimate of drug-likeness (QED) is 0.871. The van der Waals surface area contributed by atoms with Crippen LogP contribution in [-0.4, -0.2) is 27.7 Å². The molecule has 0 unspecified atom stereocenters. The lowest BCUT2D eigenvalue weighted by Crippen LogP contribution is -2.29. The number of carbonyl (C=O) groups is 1. The summed E-state index contributed by atoms with van der Waals surface area (Å²) in [5.74, 6) is -0.704. The lowest BCUT2D eigenvalue weighted by Gasteiger charge is -2.11. The monoisotopic (exact) mass is 373 g/mol. The van der Waals surface area contributed by atoms with E-state index in [1.165, 1.54) is 37.4 Å². The number of benzene rings is 2. The Kier molecular flexibility index (Phi) is 5.30. The van der Waals surface area contributed by atoms with Gasteiger partial charge in [-0.15, -0.1) is 0 Å². The minimum atomic E-state index is -3.70. The highest BCUT2D eigenvalue weighted by atomic mass is 35.5. The number of halogens is 2. The molecule has 24 heavy (non-hydrogen) atoms. The molecule has 0 aliphatic carbocycles. The maximum Gasteiger partial charge on any atom is 0.268 e. The standard InChI is InChI=1S/C15H13ClFNO5S/c1-22-14-8-10(23-9-4-6-13(17)12(16)7-9)3-5-11(14)15(19)18-24(2,20)21/h3-8H,1-2H3,(H,18,19). The van der Waals surface area contributed by atoms with Gasteiger partial charge in [0.1, 0.15) is 23.1 Å². The van der Waals surface area contributed by atoms with Crippen molar-refractivity contribution in [1.29, 1.82) is 0 Å². The van der Waals surface area contributed by atoms with Crippen LogP contribution >= 0.6 is 11.6 Å². The first-order valence-electron chi connectivity index (χ1n) is 6.52. The Bertz CT molecular complexity index is 885. The van der Waals surface area contributed by atoms with Crippen molar-refractivity contribution in [3.05, 3.63) is 52.8 Å². The molecule has 0 bridgehead atoms. The summed E-state index contributed by atoms with van der Waals surface area (Å²) in [6.07, 6.45) is 0.868. The van der Waals surface area contributed by atoms with E-state index in [9.17, 15) is 17.6 Å². The highest BCUT2D eigenvalue weighted by molar-refractivity contribution is 7.89. The van der Waals surface area contributed by atoms with Crippen molar-refractivity contribution in [2.24, 2.45) is 0 Å².